The zero-order valence-corrected chi connectivity index (χ0v) is 12.0. The summed E-state index contributed by atoms with van der Waals surface area (Å²) in [6.45, 7) is 3.86. The summed E-state index contributed by atoms with van der Waals surface area (Å²) < 4.78 is 17.6. The normalized spacial score (nSPS) is 27.1. The number of ether oxygens (including phenoxy) is 3. The Labute approximate surface area is 123 Å². The van der Waals surface area contributed by atoms with Gasteiger partial charge in [-0.2, -0.15) is 0 Å². The van der Waals surface area contributed by atoms with Crippen LogP contribution in [0.3, 0.4) is 0 Å². The zero-order valence-electron chi connectivity index (χ0n) is 11.3. The number of rotatable bonds is 1. The molecule has 2 fully saturated rings. The van der Waals surface area contributed by atoms with Crippen LogP contribution in [0, 0.1) is 5.41 Å². The second-order valence-electron chi connectivity index (χ2n) is 5.97. The summed E-state index contributed by atoms with van der Waals surface area (Å²) in [6.07, 6.45) is 2.40. The van der Waals surface area contributed by atoms with E-state index in [4.69, 9.17) is 25.8 Å². The number of fused-ring (bicyclic) bond motifs is 1. The van der Waals surface area contributed by atoms with E-state index >= 15 is 0 Å². The maximum atomic E-state index is 6.37. The van der Waals surface area contributed by atoms with Gasteiger partial charge in [-0.1, -0.05) is 11.6 Å². The van der Waals surface area contributed by atoms with Crippen molar-refractivity contribution in [1.82, 2.24) is 5.32 Å². The molecule has 1 aromatic rings. The average Bonchev–Trinajstić information content (AvgIpc) is 3.27. The SMILES string of the molecule is Clc1cc(C2CNCCO2)cc2c1OCC1(CC1)CO2. The molecule has 4 rings (SSSR count). The van der Waals surface area contributed by atoms with Crippen LogP contribution in [0.2, 0.25) is 5.02 Å². The second kappa shape index (κ2) is 4.79. The third-order valence-corrected chi connectivity index (χ3v) is 4.63. The van der Waals surface area contributed by atoms with E-state index in [1.54, 1.807) is 0 Å². The van der Waals surface area contributed by atoms with E-state index in [1.807, 2.05) is 12.1 Å². The van der Waals surface area contributed by atoms with E-state index in [-0.39, 0.29) is 11.5 Å². The Morgan fingerprint density at radius 3 is 2.80 bits per heavy atom. The fourth-order valence-electron chi connectivity index (χ4n) is 2.76. The molecule has 1 spiro atoms. The molecule has 1 atom stereocenters. The molecule has 2 aliphatic heterocycles. The van der Waals surface area contributed by atoms with E-state index in [2.05, 4.69) is 5.32 Å². The highest BCUT2D eigenvalue weighted by Gasteiger charge is 2.46. The third kappa shape index (κ3) is 2.26. The number of hydrogen-bond acceptors (Lipinski definition) is 4. The minimum absolute atomic E-state index is 0.0355. The van der Waals surface area contributed by atoms with Crippen molar-refractivity contribution in [2.75, 3.05) is 32.9 Å². The summed E-state index contributed by atoms with van der Waals surface area (Å²) in [5.41, 5.74) is 1.28. The molecule has 0 amide bonds. The first-order chi connectivity index (χ1) is 9.76. The average molecular weight is 296 g/mol. The minimum atomic E-state index is 0.0355. The van der Waals surface area contributed by atoms with Crippen molar-refractivity contribution in [3.8, 4) is 11.5 Å². The zero-order chi connectivity index (χ0) is 13.6. The molecule has 1 N–H and O–H groups in total. The maximum Gasteiger partial charge on any atom is 0.179 e. The van der Waals surface area contributed by atoms with Gasteiger partial charge in [-0.3, -0.25) is 0 Å². The molecule has 4 nitrogen and oxygen atoms in total. The topological polar surface area (TPSA) is 39.7 Å². The van der Waals surface area contributed by atoms with Crippen LogP contribution < -0.4 is 14.8 Å². The Kier molecular flexibility index (Phi) is 3.05. The molecule has 1 unspecified atom stereocenters. The molecule has 20 heavy (non-hydrogen) atoms. The molecule has 108 valence electrons. The van der Waals surface area contributed by atoms with Crippen molar-refractivity contribution < 1.29 is 14.2 Å². The van der Waals surface area contributed by atoms with Gasteiger partial charge in [-0.05, 0) is 30.5 Å². The monoisotopic (exact) mass is 295 g/mol. The Morgan fingerprint density at radius 1 is 1.20 bits per heavy atom. The number of benzene rings is 1. The van der Waals surface area contributed by atoms with Gasteiger partial charge in [0.05, 0.1) is 30.9 Å². The maximum absolute atomic E-state index is 6.37. The largest absolute Gasteiger partial charge is 0.489 e. The predicted molar refractivity (Wildman–Crippen MR) is 75.7 cm³/mol. The van der Waals surface area contributed by atoms with Crippen molar-refractivity contribution in [2.24, 2.45) is 5.41 Å². The molecule has 0 radical (unpaired) electrons. The van der Waals surface area contributed by atoms with Crippen molar-refractivity contribution in [1.29, 1.82) is 0 Å². The van der Waals surface area contributed by atoms with Crippen LogP contribution in [0.15, 0.2) is 12.1 Å². The molecule has 0 bridgehead atoms. The van der Waals surface area contributed by atoms with Crippen molar-refractivity contribution in [2.45, 2.75) is 18.9 Å². The first-order valence-electron chi connectivity index (χ1n) is 7.17. The highest BCUT2D eigenvalue weighted by atomic mass is 35.5. The van der Waals surface area contributed by atoms with Gasteiger partial charge in [-0.25, -0.2) is 0 Å². The van der Waals surface area contributed by atoms with Crippen molar-refractivity contribution in [3.05, 3.63) is 22.7 Å². The van der Waals surface area contributed by atoms with Crippen LogP contribution in [0.4, 0.5) is 0 Å². The Balaban J connectivity index is 1.64. The van der Waals surface area contributed by atoms with E-state index in [0.717, 1.165) is 37.6 Å². The Hall–Kier alpha value is -0.970. The summed E-state index contributed by atoms with van der Waals surface area (Å²) in [7, 11) is 0. The predicted octanol–water partition coefficient (Wildman–Crippen LogP) is 2.55. The highest BCUT2D eigenvalue weighted by Crippen LogP contribution is 2.50. The summed E-state index contributed by atoms with van der Waals surface area (Å²) >= 11 is 6.37. The molecule has 1 aromatic carbocycles. The molecule has 0 aromatic heterocycles. The quantitative estimate of drug-likeness (QED) is 0.864. The summed E-state index contributed by atoms with van der Waals surface area (Å²) in [6, 6.07) is 3.95. The molecular weight excluding hydrogens is 278 g/mol. The number of hydrogen-bond donors (Lipinski definition) is 1. The summed E-state index contributed by atoms with van der Waals surface area (Å²) in [4.78, 5) is 0. The van der Waals surface area contributed by atoms with Gasteiger partial charge in [0.2, 0.25) is 0 Å². The number of nitrogens with one attached hydrogen (secondary N) is 1. The molecule has 1 saturated heterocycles. The molecule has 3 aliphatic rings. The van der Waals surface area contributed by atoms with E-state index < -0.39 is 0 Å². The number of halogens is 1. The summed E-state index contributed by atoms with van der Waals surface area (Å²) in [5, 5.41) is 3.94. The van der Waals surface area contributed by atoms with Gasteiger partial charge < -0.3 is 19.5 Å². The molecule has 1 saturated carbocycles. The van der Waals surface area contributed by atoms with Gasteiger partial charge in [0, 0.05) is 18.5 Å². The summed E-state index contributed by atoms with van der Waals surface area (Å²) in [5.74, 6) is 1.44. The number of morpholine rings is 1. The molecular formula is C15H18ClNO3. The van der Waals surface area contributed by atoms with E-state index in [9.17, 15) is 0 Å². The lowest BCUT2D eigenvalue weighted by Crippen LogP contribution is -2.33. The molecule has 5 heteroatoms. The standard InChI is InChI=1S/C15H18ClNO3/c16-11-5-10(13-7-17-3-4-18-13)6-12-14(11)20-9-15(1-2-15)8-19-12/h5-6,13,17H,1-4,7-9H2. The van der Waals surface area contributed by atoms with Crippen LogP contribution >= 0.6 is 11.6 Å². The van der Waals surface area contributed by atoms with Crippen LogP contribution in [-0.2, 0) is 4.74 Å². The Morgan fingerprint density at radius 2 is 2.05 bits per heavy atom. The third-order valence-electron chi connectivity index (χ3n) is 4.34. The van der Waals surface area contributed by atoms with Crippen LogP contribution in [0.25, 0.3) is 0 Å². The first kappa shape index (κ1) is 12.7. The van der Waals surface area contributed by atoms with Crippen molar-refractivity contribution >= 4 is 11.6 Å². The van der Waals surface area contributed by atoms with Crippen LogP contribution in [0.1, 0.15) is 24.5 Å². The highest BCUT2D eigenvalue weighted by molar-refractivity contribution is 6.32. The molecule has 1 aliphatic carbocycles. The molecule has 2 heterocycles. The fraction of sp³-hybridized carbons (Fsp3) is 0.600. The second-order valence-corrected chi connectivity index (χ2v) is 6.38. The van der Waals surface area contributed by atoms with Gasteiger partial charge in [-0.15, -0.1) is 0 Å². The smallest absolute Gasteiger partial charge is 0.179 e. The minimum Gasteiger partial charge on any atom is -0.489 e. The van der Waals surface area contributed by atoms with E-state index in [1.165, 1.54) is 12.8 Å². The van der Waals surface area contributed by atoms with Crippen LogP contribution in [0.5, 0.6) is 11.5 Å². The first-order valence-corrected chi connectivity index (χ1v) is 7.55. The lowest BCUT2D eigenvalue weighted by atomic mass is 10.1. The van der Waals surface area contributed by atoms with Gasteiger partial charge in [0.1, 0.15) is 0 Å². The Bertz CT molecular complexity index is 524. The van der Waals surface area contributed by atoms with Crippen molar-refractivity contribution in [3.63, 3.8) is 0 Å². The lowest BCUT2D eigenvalue weighted by molar-refractivity contribution is 0.0275. The van der Waals surface area contributed by atoms with Gasteiger partial charge in [0.25, 0.3) is 0 Å². The fourth-order valence-corrected chi connectivity index (χ4v) is 3.04. The van der Waals surface area contributed by atoms with E-state index in [0.29, 0.717) is 17.4 Å². The van der Waals surface area contributed by atoms with Gasteiger partial charge >= 0.3 is 0 Å². The van der Waals surface area contributed by atoms with Gasteiger partial charge in [0.15, 0.2) is 11.5 Å². The lowest BCUT2D eigenvalue weighted by Gasteiger charge is -2.24. The van der Waals surface area contributed by atoms with Crippen LogP contribution in [-0.4, -0.2) is 32.9 Å².